The molecule has 1 rings (SSSR count). The van der Waals surface area contributed by atoms with Gasteiger partial charge in [-0.2, -0.15) is 4.39 Å². The minimum Gasteiger partial charge on any atom is -0.254 e. The van der Waals surface area contributed by atoms with Gasteiger partial charge in [-0.15, -0.1) is 0 Å². The van der Waals surface area contributed by atoms with Gasteiger partial charge >= 0.3 is 6.04 Å². The maximum Gasteiger partial charge on any atom is 0.354 e. The van der Waals surface area contributed by atoms with Crippen molar-refractivity contribution in [3.05, 3.63) is 35.9 Å². The number of benzene rings is 1. The highest BCUT2D eigenvalue weighted by Gasteiger charge is 2.51. The third-order valence-corrected chi connectivity index (χ3v) is 1.97. The van der Waals surface area contributed by atoms with Crippen LogP contribution in [0.2, 0.25) is 0 Å². The fourth-order valence-corrected chi connectivity index (χ4v) is 1.19. The van der Waals surface area contributed by atoms with Gasteiger partial charge in [-0.3, -0.25) is 4.79 Å². The molecule has 3 nitrogen and oxygen atoms in total. The van der Waals surface area contributed by atoms with E-state index in [0.717, 1.165) is 24.3 Å². The minimum absolute atomic E-state index is 0.826. The Bertz CT molecular complexity index is 436. The molecule has 92 valence electrons. The summed E-state index contributed by atoms with van der Waals surface area (Å²) in [6.45, 7) is 0. The summed E-state index contributed by atoms with van der Waals surface area (Å²) >= 11 is 0. The maximum absolute atomic E-state index is 13.9. The average molecular weight is 252 g/mol. The fourth-order valence-electron chi connectivity index (χ4n) is 1.19. The third kappa shape index (κ3) is 2.31. The molecule has 0 aliphatic rings. The highest BCUT2D eigenvalue weighted by molar-refractivity contribution is 6.38. The summed E-state index contributed by atoms with van der Waals surface area (Å²) in [4.78, 5) is 10.3. The lowest BCUT2D eigenvalue weighted by atomic mass is 10.0. The first-order chi connectivity index (χ1) is 7.94. The SMILES string of the molecule is O=C(F)C(=NF)C(F)(c1ccccc1)N(F)F. The molecule has 0 aliphatic carbocycles. The van der Waals surface area contributed by atoms with Crippen molar-refractivity contribution < 1.29 is 27.0 Å². The number of rotatable bonds is 4. The van der Waals surface area contributed by atoms with E-state index in [1.807, 2.05) is 0 Å². The van der Waals surface area contributed by atoms with Crippen molar-refractivity contribution in [2.45, 2.75) is 5.79 Å². The van der Waals surface area contributed by atoms with E-state index in [4.69, 9.17) is 0 Å². The van der Waals surface area contributed by atoms with Crippen LogP contribution in [0.15, 0.2) is 35.5 Å². The fraction of sp³-hybridized carbons (Fsp3) is 0.111. The predicted molar refractivity (Wildman–Crippen MR) is 47.9 cm³/mol. The Morgan fingerprint density at radius 1 is 1.24 bits per heavy atom. The molecule has 0 amide bonds. The van der Waals surface area contributed by atoms with Crippen LogP contribution >= 0.6 is 0 Å². The number of hydrogen-bond acceptors (Lipinski definition) is 3. The van der Waals surface area contributed by atoms with E-state index in [1.165, 1.54) is 11.3 Å². The van der Waals surface area contributed by atoms with Crippen molar-refractivity contribution in [2.24, 2.45) is 5.21 Å². The molecule has 0 aromatic heterocycles. The van der Waals surface area contributed by atoms with Crippen LogP contribution in [0.3, 0.4) is 0 Å². The largest absolute Gasteiger partial charge is 0.354 e. The van der Waals surface area contributed by atoms with Gasteiger partial charge in [0, 0.05) is 5.56 Å². The molecule has 1 aromatic carbocycles. The number of nitrogens with zero attached hydrogens (tertiary/aromatic N) is 2. The molecule has 0 fully saturated rings. The Morgan fingerprint density at radius 3 is 2.12 bits per heavy atom. The minimum atomic E-state index is -4.07. The second-order valence-corrected chi connectivity index (χ2v) is 2.93. The Morgan fingerprint density at radius 2 is 1.76 bits per heavy atom. The Kier molecular flexibility index (Phi) is 3.89. The first-order valence-electron chi connectivity index (χ1n) is 4.20. The van der Waals surface area contributed by atoms with Crippen LogP contribution in [0.5, 0.6) is 0 Å². The summed E-state index contributed by atoms with van der Waals surface area (Å²) in [5.41, 5.74) is -3.00. The van der Waals surface area contributed by atoms with Crippen LogP contribution in [0.4, 0.5) is 22.2 Å². The van der Waals surface area contributed by atoms with Gasteiger partial charge in [-0.1, -0.05) is 49.0 Å². The van der Waals surface area contributed by atoms with Gasteiger partial charge in [-0.05, 0) is 0 Å². The van der Waals surface area contributed by atoms with Crippen LogP contribution in [0.25, 0.3) is 0 Å². The van der Waals surface area contributed by atoms with Crippen molar-refractivity contribution in [2.75, 3.05) is 0 Å². The van der Waals surface area contributed by atoms with Gasteiger partial charge in [0.25, 0.3) is 5.79 Å². The molecule has 0 saturated heterocycles. The first-order valence-corrected chi connectivity index (χ1v) is 4.20. The molecule has 0 heterocycles. The summed E-state index contributed by atoms with van der Waals surface area (Å²) in [6.07, 6.45) is 0. The number of hydrogen-bond donors (Lipinski definition) is 0. The molecule has 0 bridgehead atoms. The first kappa shape index (κ1) is 13.2. The van der Waals surface area contributed by atoms with Crippen molar-refractivity contribution in [1.29, 1.82) is 0 Å². The van der Waals surface area contributed by atoms with Gasteiger partial charge in [0.05, 0.1) is 5.34 Å². The molecule has 8 heteroatoms. The van der Waals surface area contributed by atoms with E-state index in [0.29, 0.717) is 0 Å². The number of carbonyl (C=O) groups excluding carboxylic acids is 1. The van der Waals surface area contributed by atoms with Crippen LogP contribution in [-0.2, 0) is 10.6 Å². The van der Waals surface area contributed by atoms with E-state index in [1.54, 1.807) is 0 Å². The average Bonchev–Trinajstić information content (AvgIpc) is 2.30. The molecule has 0 spiro atoms. The summed E-state index contributed by atoms with van der Waals surface area (Å²) in [5, 5.41) is -0.674. The quantitative estimate of drug-likeness (QED) is 0.271. The summed E-state index contributed by atoms with van der Waals surface area (Å²) in [6, 6.07) is 2.63. The van der Waals surface area contributed by atoms with Gasteiger partial charge < -0.3 is 0 Å². The molecular formula is C9H5F5N2O. The van der Waals surface area contributed by atoms with Crippen LogP contribution in [0.1, 0.15) is 5.56 Å². The van der Waals surface area contributed by atoms with Crippen molar-refractivity contribution in [3.63, 3.8) is 0 Å². The molecular weight excluding hydrogens is 247 g/mol. The van der Waals surface area contributed by atoms with E-state index in [-0.39, 0.29) is 0 Å². The second kappa shape index (κ2) is 5.00. The van der Waals surface area contributed by atoms with E-state index in [2.05, 4.69) is 0 Å². The Hall–Kier alpha value is -1.83. The molecule has 0 saturated carbocycles. The van der Waals surface area contributed by atoms with Crippen LogP contribution in [-0.4, -0.2) is 17.1 Å². The highest BCUT2D eigenvalue weighted by atomic mass is 19.4. The zero-order chi connectivity index (χ0) is 13.1. The van der Waals surface area contributed by atoms with E-state index < -0.39 is 28.4 Å². The van der Waals surface area contributed by atoms with Crippen molar-refractivity contribution in [3.8, 4) is 0 Å². The summed E-state index contributed by atoms with van der Waals surface area (Å²) in [7, 11) is 0. The topological polar surface area (TPSA) is 32.7 Å². The van der Waals surface area contributed by atoms with Gasteiger partial charge in [0.1, 0.15) is 0 Å². The Labute approximate surface area is 92.0 Å². The van der Waals surface area contributed by atoms with Crippen molar-refractivity contribution >= 4 is 11.7 Å². The molecule has 0 aliphatic heterocycles. The lowest BCUT2D eigenvalue weighted by molar-refractivity contribution is -0.256. The number of alkyl halides is 1. The monoisotopic (exact) mass is 252 g/mol. The number of carbonyl (C=O) groups is 1. The molecule has 0 radical (unpaired) electrons. The molecule has 0 N–H and O–H groups in total. The highest BCUT2D eigenvalue weighted by Crippen LogP contribution is 2.33. The lowest BCUT2D eigenvalue weighted by Crippen LogP contribution is -2.43. The maximum atomic E-state index is 13.9. The summed E-state index contributed by atoms with van der Waals surface area (Å²) < 4.78 is 63.1. The summed E-state index contributed by atoms with van der Waals surface area (Å²) in [5.74, 6) is -4.07. The number of halogens is 5. The van der Waals surface area contributed by atoms with E-state index in [9.17, 15) is 27.0 Å². The smallest absolute Gasteiger partial charge is 0.254 e. The van der Waals surface area contributed by atoms with Gasteiger partial charge in [0.15, 0.2) is 0 Å². The van der Waals surface area contributed by atoms with Crippen molar-refractivity contribution in [1.82, 2.24) is 5.34 Å². The van der Waals surface area contributed by atoms with Crippen LogP contribution < -0.4 is 0 Å². The second-order valence-electron chi connectivity index (χ2n) is 2.93. The molecule has 1 aromatic rings. The normalized spacial score (nSPS) is 15.8. The Balaban J connectivity index is 3.39. The standard InChI is InChI=1S/C9H5F5N2O/c10-8(17)7(15-12)9(11,16(13)14)6-4-2-1-3-5-6/h1-5H. The predicted octanol–water partition coefficient (Wildman–Crippen LogP) is 2.70. The third-order valence-electron chi connectivity index (χ3n) is 1.97. The molecule has 1 atom stereocenters. The van der Waals surface area contributed by atoms with Gasteiger partial charge in [-0.25, -0.2) is 4.39 Å². The van der Waals surface area contributed by atoms with Crippen LogP contribution in [0, 0.1) is 0 Å². The zero-order valence-electron chi connectivity index (χ0n) is 8.08. The lowest BCUT2D eigenvalue weighted by Gasteiger charge is -2.23. The van der Waals surface area contributed by atoms with E-state index >= 15 is 0 Å². The zero-order valence-corrected chi connectivity index (χ0v) is 8.08. The molecule has 17 heavy (non-hydrogen) atoms. The van der Waals surface area contributed by atoms with Gasteiger partial charge in [0.2, 0.25) is 5.71 Å². The molecule has 1 unspecified atom stereocenters.